The summed E-state index contributed by atoms with van der Waals surface area (Å²) < 4.78 is 5.29. The number of para-hydroxylation sites is 3. The molecule has 0 saturated heterocycles. The highest BCUT2D eigenvalue weighted by atomic mass is 16.7. The van der Waals surface area contributed by atoms with Crippen molar-refractivity contribution in [2.75, 3.05) is 28.5 Å². The Balaban J connectivity index is 1.58. The fraction of sp³-hybridized carbons (Fsp3) is 0.207. The minimum Gasteiger partial charge on any atom is -0.495 e. The van der Waals surface area contributed by atoms with E-state index in [2.05, 4.69) is 36.4 Å². The van der Waals surface area contributed by atoms with Gasteiger partial charge >= 0.3 is 12.0 Å². The van der Waals surface area contributed by atoms with Gasteiger partial charge in [-0.25, -0.2) is 9.59 Å². The largest absolute Gasteiger partial charge is 0.495 e. The van der Waals surface area contributed by atoms with Crippen molar-refractivity contribution in [2.24, 2.45) is 5.92 Å². The first-order valence-corrected chi connectivity index (χ1v) is 12.8. The summed E-state index contributed by atoms with van der Waals surface area (Å²) in [6, 6.07) is 23.9. The van der Waals surface area contributed by atoms with Gasteiger partial charge in [0, 0.05) is 17.7 Å². The van der Waals surface area contributed by atoms with Gasteiger partial charge in [-0.15, -0.1) is 0 Å². The lowest BCUT2D eigenvalue weighted by atomic mass is 10.0. The van der Waals surface area contributed by atoms with Crippen molar-refractivity contribution in [3.05, 3.63) is 78.9 Å². The van der Waals surface area contributed by atoms with E-state index < -0.39 is 12.0 Å². The van der Waals surface area contributed by atoms with Crippen LogP contribution < -0.4 is 26.2 Å². The monoisotopic (exact) mass is 541 g/mol. The van der Waals surface area contributed by atoms with E-state index in [1.807, 2.05) is 68.4 Å². The third-order valence-electron chi connectivity index (χ3n) is 5.66. The molecule has 0 radical (unpaired) electrons. The van der Waals surface area contributed by atoms with Crippen LogP contribution in [0.4, 0.5) is 34.0 Å². The molecule has 2 amide bonds. The normalized spacial score (nSPS) is 10.5. The highest BCUT2D eigenvalue weighted by molar-refractivity contribution is 5.99. The Bertz CT molecular complexity index is 1450. The summed E-state index contributed by atoms with van der Waals surface area (Å²) in [5, 5.41) is 8.49. The molecule has 0 aliphatic rings. The van der Waals surface area contributed by atoms with Crippen molar-refractivity contribution >= 4 is 41.2 Å². The third-order valence-corrected chi connectivity index (χ3v) is 5.66. The molecule has 206 valence electrons. The van der Waals surface area contributed by atoms with E-state index in [9.17, 15) is 9.59 Å². The quantitative estimate of drug-likeness (QED) is 0.162. The van der Waals surface area contributed by atoms with E-state index in [1.165, 1.54) is 7.11 Å². The average molecular weight is 542 g/mol. The molecule has 11 nitrogen and oxygen atoms in total. The van der Waals surface area contributed by atoms with Crippen LogP contribution in [0.5, 0.6) is 5.75 Å². The van der Waals surface area contributed by atoms with Crippen molar-refractivity contribution in [2.45, 2.75) is 26.7 Å². The lowest BCUT2D eigenvalue weighted by Gasteiger charge is -2.14. The van der Waals surface area contributed by atoms with Crippen molar-refractivity contribution in [3.63, 3.8) is 0 Å². The number of carbonyl (C=O) groups is 2. The number of methoxy groups -OCH3 is 1. The molecule has 0 aliphatic carbocycles. The van der Waals surface area contributed by atoms with E-state index in [1.54, 1.807) is 24.3 Å². The van der Waals surface area contributed by atoms with Crippen LogP contribution >= 0.6 is 0 Å². The summed E-state index contributed by atoms with van der Waals surface area (Å²) in [7, 11) is 1.51. The molecule has 0 spiro atoms. The Morgan fingerprint density at radius 1 is 0.775 bits per heavy atom. The molecule has 1 heterocycles. The first-order valence-electron chi connectivity index (χ1n) is 12.8. The van der Waals surface area contributed by atoms with Crippen LogP contribution in [0.15, 0.2) is 78.9 Å². The molecule has 4 N–H and O–H groups in total. The first kappa shape index (κ1) is 27.8. The van der Waals surface area contributed by atoms with Crippen molar-refractivity contribution < 1.29 is 19.2 Å². The molecule has 40 heavy (non-hydrogen) atoms. The Labute approximate surface area is 232 Å². The number of urea groups is 1. The van der Waals surface area contributed by atoms with Crippen LogP contribution in [0, 0.1) is 5.92 Å². The highest BCUT2D eigenvalue weighted by Gasteiger charge is 2.15. The van der Waals surface area contributed by atoms with Gasteiger partial charge in [0.2, 0.25) is 11.9 Å². The van der Waals surface area contributed by atoms with Gasteiger partial charge in [-0.2, -0.15) is 20.4 Å². The number of carbonyl (C=O) groups excluding carboxylic acids is 2. The molecule has 4 rings (SSSR count). The van der Waals surface area contributed by atoms with Crippen LogP contribution in [-0.4, -0.2) is 34.1 Å². The summed E-state index contributed by atoms with van der Waals surface area (Å²) in [4.78, 5) is 43.0. The maximum absolute atomic E-state index is 12.8. The zero-order valence-corrected chi connectivity index (χ0v) is 22.5. The molecule has 0 saturated carbocycles. The van der Waals surface area contributed by atoms with Gasteiger partial charge in [-0.05, 0) is 36.1 Å². The maximum atomic E-state index is 12.8. The molecular formula is C29H31N7O4. The minimum atomic E-state index is -0.605. The summed E-state index contributed by atoms with van der Waals surface area (Å²) >= 11 is 0. The van der Waals surface area contributed by atoms with Gasteiger partial charge in [0.25, 0.3) is 5.95 Å². The Kier molecular flexibility index (Phi) is 9.44. The second kappa shape index (κ2) is 13.6. The highest BCUT2D eigenvalue weighted by Crippen LogP contribution is 2.29. The number of hydrogen-bond acceptors (Lipinski definition) is 9. The predicted octanol–water partition coefficient (Wildman–Crippen LogP) is 6.24. The fourth-order valence-electron chi connectivity index (χ4n) is 3.68. The standard InChI is InChI=1S/C29H31N7O4/c1-19(2)17-18-25(37)40-36-28-33-26(30-22-14-8-7-13-21(22)20-11-5-4-6-12-20)32-27(34-28)35-29(38)31-23-15-9-10-16-24(23)39-3/h4-16,19H,17-18H2,1-3H3,(H4,30,31,32,33,34,35,36,38). The van der Waals surface area contributed by atoms with E-state index >= 15 is 0 Å². The number of nitrogens with zero attached hydrogens (tertiary/aromatic N) is 3. The molecule has 3 aromatic carbocycles. The third kappa shape index (κ3) is 7.90. The zero-order valence-electron chi connectivity index (χ0n) is 22.5. The SMILES string of the molecule is COc1ccccc1NC(=O)Nc1nc(NOC(=O)CCC(C)C)nc(Nc2ccccc2-c2ccccc2)n1. The number of nitrogens with one attached hydrogen (secondary N) is 4. The van der Waals surface area contributed by atoms with E-state index in [0.29, 0.717) is 23.8 Å². The second-order valence-corrected chi connectivity index (χ2v) is 9.13. The average Bonchev–Trinajstić information content (AvgIpc) is 2.96. The van der Waals surface area contributed by atoms with Crippen LogP contribution in [0.1, 0.15) is 26.7 Å². The molecule has 0 atom stereocenters. The smallest absolute Gasteiger partial charge is 0.332 e. The van der Waals surface area contributed by atoms with Crippen LogP contribution in [0.2, 0.25) is 0 Å². The molecule has 0 bridgehead atoms. The molecular weight excluding hydrogens is 510 g/mol. The van der Waals surface area contributed by atoms with Gasteiger partial charge in [-0.3, -0.25) is 5.32 Å². The second-order valence-electron chi connectivity index (χ2n) is 9.13. The minimum absolute atomic E-state index is 0.0693. The van der Waals surface area contributed by atoms with Crippen molar-refractivity contribution in [3.8, 4) is 16.9 Å². The predicted molar refractivity (Wildman–Crippen MR) is 154 cm³/mol. The van der Waals surface area contributed by atoms with Gasteiger partial charge in [0.05, 0.1) is 12.8 Å². The summed E-state index contributed by atoms with van der Waals surface area (Å²) in [6.07, 6.45) is 0.911. The summed E-state index contributed by atoms with van der Waals surface area (Å²) in [6.45, 7) is 4.04. The van der Waals surface area contributed by atoms with E-state index in [0.717, 1.165) is 16.8 Å². The number of benzene rings is 3. The molecule has 0 aliphatic heterocycles. The lowest BCUT2D eigenvalue weighted by molar-refractivity contribution is -0.141. The maximum Gasteiger partial charge on any atom is 0.332 e. The van der Waals surface area contributed by atoms with Crippen LogP contribution in [0.25, 0.3) is 11.1 Å². The number of hydrogen-bond donors (Lipinski definition) is 4. The summed E-state index contributed by atoms with van der Waals surface area (Å²) in [5.41, 5.74) is 5.58. The van der Waals surface area contributed by atoms with Crippen molar-refractivity contribution in [1.29, 1.82) is 0 Å². The van der Waals surface area contributed by atoms with Crippen molar-refractivity contribution in [1.82, 2.24) is 15.0 Å². The Morgan fingerprint density at radius 2 is 1.43 bits per heavy atom. The first-order chi connectivity index (χ1) is 19.4. The van der Waals surface area contributed by atoms with Gasteiger partial charge in [-0.1, -0.05) is 74.5 Å². The lowest BCUT2D eigenvalue weighted by Crippen LogP contribution is -2.22. The Morgan fingerprint density at radius 3 is 2.17 bits per heavy atom. The molecule has 0 unspecified atom stereocenters. The molecule has 11 heteroatoms. The molecule has 4 aromatic rings. The van der Waals surface area contributed by atoms with Gasteiger partial charge in [0.1, 0.15) is 5.75 Å². The van der Waals surface area contributed by atoms with Gasteiger partial charge in [0.15, 0.2) is 0 Å². The molecule has 0 fully saturated rings. The number of rotatable bonds is 11. The van der Waals surface area contributed by atoms with E-state index in [4.69, 9.17) is 9.57 Å². The van der Waals surface area contributed by atoms with Crippen LogP contribution in [0.3, 0.4) is 0 Å². The Hall–Kier alpha value is -5.19. The number of amides is 2. The van der Waals surface area contributed by atoms with E-state index in [-0.39, 0.29) is 24.3 Å². The van der Waals surface area contributed by atoms with Gasteiger partial charge < -0.3 is 20.2 Å². The topological polar surface area (TPSA) is 139 Å². The summed E-state index contributed by atoms with van der Waals surface area (Å²) in [5.74, 6) is 0.350. The molecule has 1 aromatic heterocycles. The van der Waals surface area contributed by atoms with Crippen LogP contribution in [-0.2, 0) is 9.63 Å². The number of ether oxygens (including phenoxy) is 1. The fourth-order valence-corrected chi connectivity index (χ4v) is 3.68. The number of aromatic nitrogens is 3. The zero-order chi connectivity index (χ0) is 28.3. The number of anilines is 5.